The molecule has 2 aliphatic heterocycles. The fourth-order valence-corrected chi connectivity index (χ4v) is 4.53. The molecule has 0 radical (unpaired) electrons. The molecule has 2 fully saturated rings. The highest BCUT2D eigenvalue weighted by atomic mass is 16.2. The van der Waals surface area contributed by atoms with Crippen molar-refractivity contribution in [3.63, 3.8) is 0 Å². The molecule has 0 aromatic carbocycles. The van der Waals surface area contributed by atoms with E-state index in [-0.39, 0.29) is 42.3 Å². The molecule has 3 amide bonds. The number of aryl methyl sites for hydroxylation is 1. The van der Waals surface area contributed by atoms with Crippen LogP contribution >= 0.6 is 0 Å². The lowest BCUT2D eigenvalue weighted by Gasteiger charge is -2.40. The van der Waals surface area contributed by atoms with Gasteiger partial charge in [-0.3, -0.25) is 19.5 Å². The third-order valence-corrected chi connectivity index (χ3v) is 5.90. The van der Waals surface area contributed by atoms with Gasteiger partial charge in [-0.25, -0.2) is 0 Å². The van der Waals surface area contributed by atoms with E-state index in [0.717, 1.165) is 25.0 Å². The normalized spacial score (nSPS) is 24.2. The van der Waals surface area contributed by atoms with E-state index in [1.807, 2.05) is 18.7 Å². The van der Waals surface area contributed by atoms with Crippen molar-refractivity contribution in [3.8, 4) is 0 Å². The van der Waals surface area contributed by atoms with E-state index in [2.05, 4.69) is 29.4 Å². The summed E-state index contributed by atoms with van der Waals surface area (Å²) in [7, 11) is 0. The molecule has 0 bridgehead atoms. The summed E-state index contributed by atoms with van der Waals surface area (Å²) in [5.74, 6) is -0.114. The second kappa shape index (κ2) is 8.97. The zero-order valence-electron chi connectivity index (χ0n) is 17.9. The van der Waals surface area contributed by atoms with Crippen molar-refractivity contribution in [3.05, 3.63) is 17.5 Å². The Morgan fingerprint density at radius 2 is 2.10 bits per heavy atom. The number of hydrogen-bond acceptors (Lipinski definition) is 4. The van der Waals surface area contributed by atoms with Gasteiger partial charge in [0.25, 0.3) is 5.91 Å². The predicted molar refractivity (Wildman–Crippen MR) is 109 cm³/mol. The van der Waals surface area contributed by atoms with Crippen molar-refractivity contribution in [2.24, 2.45) is 11.8 Å². The third kappa shape index (κ3) is 4.46. The van der Waals surface area contributed by atoms with Gasteiger partial charge in [0.1, 0.15) is 12.2 Å². The maximum Gasteiger partial charge on any atom is 0.274 e. The van der Waals surface area contributed by atoms with Gasteiger partial charge in [0.05, 0.1) is 12.0 Å². The van der Waals surface area contributed by atoms with E-state index in [4.69, 9.17) is 0 Å². The van der Waals surface area contributed by atoms with Gasteiger partial charge >= 0.3 is 0 Å². The summed E-state index contributed by atoms with van der Waals surface area (Å²) in [4.78, 5) is 42.1. The van der Waals surface area contributed by atoms with Crippen molar-refractivity contribution in [1.29, 1.82) is 0 Å². The van der Waals surface area contributed by atoms with E-state index < -0.39 is 0 Å². The van der Waals surface area contributed by atoms with Crippen LogP contribution in [0.15, 0.2) is 6.07 Å². The number of hydrogen-bond donors (Lipinski definition) is 2. The van der Waals surface area contributed by atoms with Gasteiger partial charge in [-0.05, 0) is 37.7 Å². The van der Waals surface area contributed by atoms with Crippen LogP contribution in [0.5, 0.6) is 0 Å². The Hall–Kier alpha value is -2.38. The zero-order valence-corrected chi connectivity index (χ0v) is 17.9. The van der Waals surface area contributed by atoms with Gasteiger partial charge in [0, 0.05) is 24.8 Å². The van der Waals surface area contributed by atoms with Crippen LogP contribution in [0, 0.1) is 11.8 Å². The monoisotopic (exact) mass is 403 g/mol. The molecule has 29 heavy (non-hydrogen) atoms. The van der Waals surface area contributed by atoms with Crippen LogP contribution in [0.1, 0.15) is 63.1 Å². The molecule has 3 rings (SSSR count). The standard InChI is InChI=1S/C21H33N5O3/c1-5-7-22-20(28)16-10-15-11-25(21(29)17-9-14(6-2)23-24-17)12-19(27)26(15)18(16)8-13(3)4/h9,13,15-16,18H,5-8,10-12H2,1-4H3,(H,22,28)(H,23,24)/t15-,16-,18-/m0/s1. The first-order chi connectivity index (χ1) is 13.8. The fraction of sp³-hybridized carbons (Fsp3) is 0.714. The number of aromatic nitrogens is 2. The number of amides is 3. The van der Waals surface area contributed by atoms with Gasteiger partial charge in [0.15, 0.2) is 0 Å². The average molecular weight is 404 g/mol. The van der Waals surface area contributed by atoms with Crippen LogP contribution in [0.2, 0.25) is 0 Å². The van der Waals surface area contributed by atoms with E-state index in [1.165, 1.54) is 0 Å². The number of nitrogens with one attached hydrogen (secondary N) is 2. The third-order valence-electron chi connectivity index (χ3n) is 5.90. The second-order valence-electron chi connectivity index (χ2n) is 8.60. The Morgan fingerprint density at radius 3 is 2.72 bits per heavy atom. The van der Waals surface area contributed by atoms with Gasteiger partial charge in [-0.15, -0.1) is 0 Å². The maximum absolute atomic E-state index is 13.0. The highest BCUT2D eigenvalue weighted by molar-refractivity contribution is 5.96. The van der Waals surface area contributed by atoms with Gasteiger partial charge in [-0.2, -0.15) is 5.10 Å². The number of fused-ring (bicyclic) bond motifs is 1. The number of H-pyrrole nitrogens is 1. The maximum atomic E-state index is 13.0. The highest BCUT2D eigenvalue weighted by Crippen LogP contribution is 2.36. The molecule has 0 unspecified atom stereocenters. The number of aromatic amines is 1. The molecule has 160 valence electrons. The van der Waals surface area contributed by atoms with E-state index >= 15 is 0 Å². The summed E-state index contributed by atoms with van der Waals surface area (Å²) in [5.41, 5.74) is 1.24. The molecule has 1 aromatic rings. The van der Waals surface area contributed by atoms with E-state index in [9.17, 15) is 14.4 Å². The minimum absolute atomic E-state index is 0.0254. The van der Waals surface area contributed by atoms with Crippen molar-refractivity contribution >= 4 is 17.7 Å². The van der Waals surface area contributed by atoms with Crippen LogP contribution in [0.3, 0.4) is 0 Å². The minimum Gasteiger partial charge on any atom is -0.356 e. The topological polar surface area (TPSA) is 98.4 Å². The van der Waals surface area contributed by atoms with Crippen molar-refractivity contribution < 1.29 is 14.4 Å². The SMILES string of the molecule is CCCNC(=O)[C@H]1C[C@H]2CN(C(=O)c3cc(CC)[nH]n3)CC(=O)N2[C@H]1CC(C)C. The number of nitrogens with zero attached hydrogens (tertiary/aromatic N) is 3. The molecule has 1 aromatic heterocycles. The lowest BCUT2D eigenvalue weighted by molar-refractivity contribution is -0.140. The lowest BCUT2D eigenvalue weighted by Crippen LogP contribution is -2.58. The van der Waals surface area contributed by atoms with Crippen LogP contribution in [0.4, 0.5) is 0 Å². The van der Waals surface area contributed by atoms with Crippen molar-refractivity contribution in [2.45, 2.75) is 65.5 Å². The Labute approximate surface area is 172 Å². The van der Waals surface area contributed by atoms with Gasteiger partial charge in [-0.1, -0.05) is 27.7 Å². The lowest BCUT2D eigenvalue weighted by atomic mass is 9.91. The summed E-state index contributed by atoms with van der Waals surface area (Å²) in [6.45, 7) is 9.37. The molecule has 0 saturated carbocycles. The molecule has 8 nitrogen and oxygen atoms in total. The summed E-state index contributed by atoms with van der Waals surface area (Å²) in [6.07, 6.45) is 3.04. The first-order valence-corrected chi connectivity index (χ1v) is 10.8. The quantitative estimate of drug-likeness (QED) is 0.722. The van der Waals surface area contributed by atoms with Crippen LogP contribution in [-0.2, 0) is 16.0 Å². The van der Waals surface area contributed by atoms with Crippen LogP contribution in [0.25, 0.3) is 0 Å². The smallest absolute Gasteiger partial charge is 0.274 e. The Morgan fingerprint density at radius 1 is 1.34 bits per heavy atom. The molecule has 8 heteroatoms. The zero-order chi connectivity index (χ0) is 21.1. The largest absolute Gasteiger partial charge is 0.356 e. The van der Waals surface area contributed by atoms with E-state index in [0.29, 0.717) is 31.1 Å². The minimum atomic E-state index is -0.228. The van der Waals surface area contributed by atoms with Crippen LogP contribution < -0.4 is 5.32 Å². The molecule has 2 saturated heterocycles. The second-order valence-corrected chi connectivity index (χ2v) is 8.60. The summed E-state index contributed by atoms with van der Waals surface area (Å²) in [6, 6.07) is 1.53. The van der Waals surface area contributed by atoms with Crippen molar-refractivity contribution in [2.75, 3.05) is 19.6 Å². The molecule has 3 atom stereocenters. The first kappa shape index (κ1) is 21.3. The predicted octanol–water partition coefficient (Wildman–Crippen LogP) is 1.59. The summed E-state index contributed by atoms with van der Waals surface area (Å²) < 4.78 is 0. The van der Waals surface area contributed by atoms with Gasteiger partial charge < -0.3 is 15.1 Å². The van der Waals surface area contributed by atoms with Crippen LogP contribution in [-0.4, -0.2) is 69.4 Å². The highest BCUT2D eigenvalue weighted by Gasteiger charge is 2.50. The molecule has 2 aliphatic rings. The van der Waals surface area contributed by atoms with Crippen molar-refractivity contribution in [1.82, 2.24) is 25.3 Å². The average Bonchev–Trinajstić information content (AvgIpc) is 3.30. The summed E-state index contributed by atoms with van der Waals surface area (Å²) >= 11 is 0. The summed E-state index contributed by atoms with van der Waals surface area (Å²) in [5, 5.41) is 9.96. The molecule has 0 aliphatic carbocycles. The number of carbonyl (C=O) groups excluding carboxylic acids is 3. The molecule has 0 spiro atoms. The number of piperazine rings is 1. The van der Waals surface area contributed by atoms with Gasteiger partial charge in [0.2, 0.25) is 11.8 Å². The molecule has 3 heterocycles. The Balaban J connectivity index is 1.77. The number of rotatable bonds is 7. The molecular weight excluding hydrogens is 370 g/mol. The molecule has 2 N–H and O–H groups in total. The Bertz CT molecular complexity index is 759. The Kier molecular flexibility index (Phi) is 6.59. The number of carbonyl (C=O) groups is 3. The first-order valence-electron chi connectivity index (χ1n) is 10.8. The fourth-order valence-electron chi connectivity index (χ4n) is 4.53. The van der Waals surface area contributed by atoms with E-state index in [1.54, 1.807) is 11.0 Å². The molecular formula is C21H33N5O3.